The fraction of sp³-hybridized carbons (Fsp3) is 0.214. The van der Waals surface area contributed by atoms with Crippen LogP contribution in [0.25, 0.3) is 5.76 Å². The molecule has 1 heterocycles. The van der Waals surface area contributed by atoms with Crippen LogP contribution in [0.3, 0.4) is 0 Å². The van der Waals surface area contributed by atoms with Crippen molar-refractivity contribution in [1.29, 1.82) is 0 Å². The molecule has 0 spiro atoms. The number of hydrogen-bond donors (Lipinski definition) is 1. The van der Waals surface area contributed by atoms with Crippen LogP contribution >= 0.6 is 0 Å². The molecule has 4 rings (SSSR count). The minimum absolute atomic E-state index is 0.0456. The van der Waals surface area contributed by atoms with Crippen LogP contribution in [0.2, 0.25) is 0 Å². The number of aliphatic hydroxyl groups excluding tert-OH is 1. The first kappa shape index (κ1) is 23.2. The van der Waals surface area contributed by atoms with E-state index < -0.39 is 23.5 Å². The van der Waals surface area contributed by atoms with E-state index in [4.69, 9.17) is 4.74 Å². The smallest absolute Gasteiger partial charge is 0.300 e. The number of aliphatic hydroxyl groups is 1. The van der Waals surface area contributed by atoms with Crippen LogP contribution in [0.5, 0.6) is 5.75 Å². The average molecular weight is 460 g/mol. The summed E-state index contributed by atoms with van der Waals surface area (Å²) in [6.45, 7) is 6.54. The molecule has 1 amide bonds. The minimum atomic E-state index is -0.904. The highest BCUT2D eigenvalue weighted by molar-refractivity contribution is 6.51. The number of halogens is 1. The van der Waals surface area contributed by atoms with E-state index >= 15 is 0 Å². The predicted octanol–water partition coefficient (Wildman–Crippen LogP) is 5.80. The van der Waals surface area contributed by atoms with Crippen LogP contribution in [-0.4, -0.2) is 23.4 Å². The lowest BCUT2D eigenvalue weighted by Gasteiger charge is -2.25. The molecule has 1 saturated heterocycles. The van der Waals surface area contributed by atoms with Gasteiger partial charge in [-0.05, 0) is 60.9 Å². The van der Waals surface area contributed by atoms with Gasteiger partial charge in [-0.2, -0.15) is 0 Å². The largest absolute Gasteiger partial charge is 0.507 e. The molecule has 1 atom stereocenters. The molecule has 3 aromatic rings. The Bertz CT molecular complexity index is 1260. The van der Waals surface area contributed by atoms with Gasteiger partial charge in [0.2, 0.25) is 0 Å². The van der Waals surface area contributed by atoms with Gasteiger partial charge in [0.25, 0.3) is 11.7 Å². The number of Topliss-reactive ketones (excluding diaryl/α,β-unsaturated/α-hetero) is 1. The fourth-order valence-electron chi connectivity index (χ4n) is 4.01. The van der Waals surface area contributed by atoms with Crippen molar-refractivity contribution in [3.63, 3.8) is 0 Å². The Morgan fingerprint density at radius 3 is 2.38 bits per heavy atom. The van der Waals surface area contributed by atoms with Gasteiger partial charge in [-0.25, -0.2) is 4.39 Å². The third-order valence-corrected chi connectivity index (χ3v) is 5.60. The number of nitrogens with zero attached hydrogens (tertiary/aromatic N) is 1. The van der Waals surface area contributed by atoms with E-state index in [2.05, 4.69) is 0 Å². The van der Waals surface area contributed by atoms with Gasteiger partial charge in [-0.3, -0.25) is 14.5 Å². The van der Waals surface area contributed by atoms with Gasteiger partial charge in [0.15, 0.2) is 0 Å². The van der Waals surface area contributed by atoms with Crippen LogP contribution in [0.1, 0.15) is 36.6 Å². The standard InChI is InChI=1S/C28H26FNO4/c1-17(2)16-34-23-12-10-19(11-13-23)26(31)24-25(20-7-4-6-18(3)14-20)30(28(33)27(24)32)22-9-5-8-21(29)15-22/h4-15,17,25,31H,16H2,1-3H3/b26-24+. The molecule has 1 N–H and O–H groups in total. The van der Waals surface area contributed by atoms with Crippen molar-refractivity contribution in [1.82, 2.24) is 0 Å². The van der Waals surface area contributed by atoms with Gasteiger partial charge in [0.05, 0.1) is 18.2 Å². The number of carbonyl (C=O) groups is 2. The van der Waals surface area contributed by atoms with Crippen molar-refractivity contribution in [2.75, 3.05) is 11.5 Å². The highest BCUT2D eigenvalue weighted by atomic mass is 19.1. The minimum Gasteiger partial charge on any atom is -0.507 e. The van der Waals surface area contributed by atoms with Gasteiger partial charge >= 0.3 is 0 Å². The van der Waals surface area contributed by atoms with E-state index in [-0.39, 0.29) is 17.0 Å². The van der Waals surface area contributed by atoms with Gasteiger partial charge in [-0.1, -0.05) is 49.7 Å². The summed E-state index contributed by atoms with van der Waals surface area (Å²) in [7, 11) is 0. The Morgan fingerprint density at radius 1 is 1.03 bits per heavy atom. The maximum atomic E-state index is 14.0. The number of ketones is 1. The second-order valence-corrected chi connectivity index (χ2v) is 8.79. The lowest BCUT2D eigenvalue weighted by Crippen LogP contribution is -2.29. The highest BCUT2D eigenvalue weighted by Gasteiger charge is 2.47. The van der Waals surface area contributed by atoms with Gasteiger partial charge in [0.1, 0.15) is 17.3 Å². The third-order valence-electron chi connectivity index (χ3n) is 5.60. The molecule has 34 heavy (non-hydrogen) atoms. The third kappa shape index (κ3) is 4.57. The number of aryl methyl sites for hydroxylation is 1. The van der Waals surface area contributed by atoms with Crippen LogP contribution < -0.4 is 9.64 Å². The van der Waals surface area contributed by atoms with E-state index in [1.54, 1.807) is 36.4 Å². The molecule has 5 nitrogen and oxygen atoms in total. The molecule has 1 aliphatic rings. The summed E-state index contributed by atoms with van der Waals surface area (Å²) < 4.78 is 19.7. The number of ether oxygens (including phenoxy) is 1. The number of anilines is 1. The molecule has 1 fully saturated rings. The number of hydrogen-bond acceptors (Lipinski definition) is 4. The SMILES string of the molecule is Cc1cccc(C2/C(=C(\O)c3ccc(OCC(C)C)cc3)C(=O)C(=O)N2c2cccc(F)c2)c1. The zero-order valence-corrected chi connectivity index (χ0v) is 19.3. The Balaban J connectivity index is 1.83. The second-order valence-electron chi connectivity index (χ2n) is 8.79. The second kappa shape index (κ2) is 9.51. The topological polar surface area (TPSA) is 66.8 Å². The van der Waals surface area contributed by atoms with Crippen molar-refractivity contribution in [2.24, 2.45) is 5.92 Å². The molecule has 1 unspecified atom stereocenters. The molecule has 0 bridgehead atoms. The summed E-state index contributed by atoms with van der Waals surface area (Å²) in [5, 5.41) is 11.2. The number of rotatable bonds is 6. The first-order valence-corrected chi connectivity index (χ1v) is 11.1. The van der Waals surface area contributed by atoms with E-state index in [0.717, 1.165) is 5.56 Å². The van der Waals surface area contributed by atoms with Gasteiger partial charge in [-0.15, -0.1) is 0 Å². The van der Waals surface area contributed by atoms with Crippen molar-refractivity contribution in [2.45, 2.75) is 26.8 Å². The molecule has 0 saturated carbocycles. The molecule has 174 valence electrons. The van der Waals surface area contributed by atoms with Crippen LogP contribution in [0.4, 0.5) is 10.1 Å². The summed E-state index contributed by atoms with van der Waals surface area (Å²) in [5.74, 6) is -1.47. The first-order chi connectivity index (χ1) is 16.3. The summed E-state index contributed by atoms with van der Waals surface area (Å²) >= 11 is 0. The van der Waals surface area contributed by atoms with Gasteiger partial charge < -0.3 is 9.84 Å². The number of amides is 1. The Morgan fingerprint density at radius 2 is 1.74 bits per heavy atom. The lowest BCUT2D eigenvalue weighted by molar-refractivity contribution is -0.132. The van der Waals surface area contributed by atoms with Crippen molar-refractivity contribution in [3.05, 3.63) is 101 Å². The highest BCUT2D eigenvalue weighted by Crippen LogP contribution is 2.42. The van der Waals surface area contributed by atoms with E-state index in [1.165, 1.54) is 23.1 Å². The number of benzene rings is 3. The van der Waals surface area contributed by atoms with Crippen LogP contribution in [-0.2, 0) is 9.59 Å². The fourth-order valence-corrected chi connectivity index (χ4v) is 4.01. The molecule has 1 aliphatic heterocycles. The van der Waals surface area contributed by atoms with E-state index in [0.29, 0.717) is 29.4 Å². The summed E-state index contributed by atoms with van der Waals surface area (Å²) in [6, 6.07) is 18.7. The van der Waals surface area contributed by atoms with Crippen molar-refractivity contribution >= 4 is 23.1 Å². The Hall–Kier alpha value is -3.93. The van der Waals surface area contributed by atoms with Crippen molar-refractivity contribution < 1.29 is 23.8 Å². The summed E-state index contributed by atoms with van der Waals surface area (Å²) in [4.78, 5) is 27.5. The lowest BCUT2D eigenvalue weighted by atomic mass is 9.94. The first-order valence-electron chi connectivity index (χ1n) is 11.1. The quantitative estimate of drug-likeness (QED) is 0.288. The normalized spacial score (nSPS) is 17.4. The summed E-state index contributed by atoms with van der Waals surface area (Å²) in [5.41, 5.74) is 2.14. The Kier molecular flexibility index (Phi) is 6.50. The van der Waals surface area contributed by atoms with E-state index in [9.17, 15) is 19.1 Å². The molecular weight excluding hydrogens is 433 g/mol. The zero-order valence-electron chi connectivity index (χ0n) is 19.3. The monoisotopic (exact) mass is 459 g/mol. The van der Waals surface area contributed by atoms with Crippen LogP contribution in [0, 0.1) is 18.7 Å². The summed E-state index contributed by atoms with van der Waals surface area (Å²) in [6.07, 6.45) is 0. The number of carbonyl (C=O) groups excluding carboxylic acids is 2. The zero-order chi connectivity index (χ0) is 24.4. The maximum Gasteiger partial charge on any atom is 0.300 e. The van der Waals surface area contributed by atoms with Crippen molar-refractivity contribution in [3.8, 4) is 5.75 Å². The maximum absolute atomic E-state index is 14.0. The molecule has 0 aromatic heterocycles. The van der Waals surface area contributed by atoms with Gasteiger partial charge in [0, 0.05) is 11.3 Å². The predicted molar refractivity (Wildman–Crippen MR) is 129 cm³/mol. The average Bonchev–Trinajstić information content (AvgIpc) is 3.08. The molecule has 0 radical (unpaired) electrons. The molecular formula is C28H26FNO4. The van der Waals surface area contributed by atoms with Crippen LogP contribution in [0.15, 0.2) is 78.4 Å². The van der Waals surface area contributed by atoms with E-state index in [1.807, 2.05) is 39.0 Å². The molecule has 3 aromatic carbocycles. The molecule has 6 heteroatoms. The molecule has 0 aliphatic carbocycles. The Labute approximate surface area is 198 Å².